The molecule has 5 nitrogen and oxygen atoms in total. The molecule has 0 N–H and O–H groups in total. The maximum absolute atomic E-state index is 13.4. The number of fused-ring (bicyclic) bond motifs is 3. The molecule has 0 unspecified atom stereocenters. The van der Waals surface area contributed by atoms with Gasteiger partial charge in [-0.1, -0.05) is 28.1 Å². The van der Waals surface area contributed by atoms with Gasteiger partial charge in [-0.3, -0.25) is 9.59 Å². The number of carbonyl (C=O) groups is 2. The molecule has 4 rings (SSSR count). The van der Waals surface area contributed by atoms with Crippen molar-refractivity contribution in [2.45, 2.75) is 11.5 Å². The standard InChI is InChI=1S/C19H15BrFNO4/c1-25-18(24)19(11-2-5-13(21)6-3-11)16-14-10-12(20)4-7-15(14)26-9-8-22(16)17(19)23/h2-7,10,16H,8-9H2,1H3/t16-,19+/m1/s1. The van der Waals surface area contributed by atoms with E-state index in [4.69, 9.17) is 9.47 Å². The quantitative estimate of drug-likeness (QED) is 0.426. The van der Waals surface area contributed by atoms with Crippen LogP contribution < -0.4 is 4.74 Å². The monoisotopic (exact) mass is 419 g/mol. The molecule has 1 amide bonds. The van der Waals surface area contributed by atoms with Crippen molar-refractivity contribution in [2.24, 2.45) is 0 Å². The van der Waals surface area contributed by atoms with Gasteiger partial charge in [0.15, 0.2) is 5.41 Å². The lowest BCUT2D eigenvalue weighted by atomic mass is 9.63. The minimum atomic E-state index is -1.55. The van der Waals surface area contributed by atoms with Gasteiger partial charge in [0.05, 0.1) is 19.7 Å². The van der Waals surface area contributed by atoms with Crippen molar-refractivity contribution in [3.8, 4) is 5.75 Å². The molecule has 134 valence electrons. The number of benzene rings is 2. The molecule has 2 heterocycles. The number of esters is 1. The number of methoxy groups -OCH3 is 1. The van der Waals surface area contributed by atoms with Crippen LogP contribution in [0, 0.1) is 5.82 Å². The molecule has 0 radical (unpaired) electrons. The molecule has 26 heavy (non-hydrogen) atoms. The van der Waals surface area contributed by atoms with Gasteiger partial charge in [-0.05, 0) is 35.9 Å². The summed E-state index contributed by atoms with van der Waals surface area (Å²) in [5.74, 6) is -0.853. The van der Waals surface area contributed by atoms with Crippen LogP contribution in [-0.2, 0) is 19.7 Å². The first-order valence-corrected chi connectivity index (χ1v) is 8.87. The molecule has 7 heteroatoms. The Kier molecular flexibility index (Phi) is 3.99. The highest BCUT2D eigenvalue weighted by Crippen LogP contribution is 2.55. The van der Waals surface area contributed by atoms with Gasteiger partial charge in [0, 0.05) is 10.0 Å². The minimum absolute atomic E-state index is 0.331. The summed E-state index contributed by atoms with van der Waals surface area (Å²) < 4.78 is 25.0. The number of nitrogens with zero attached hydrogens (tertiary/aromatic N) is 1. The van der Waals surface area contributed by atoms with Gasteiger partial charge in [0.2, 0.25) is 5.91 Å². The van der Waals surface area contributed by atoms with Crippen LogP contribution in [0.3, 0.4) is 0 Å². The zero-order chi connectivity index (χ0) is 18.5. The van der Waals surface area contributed by atoms with Gasteiger partial charge in [-0.15, -0.1) is 0 Å². The zero-order valence-electron chi connectivity index (χ0n) is 13.9. The number of carbonyl (C=O) groups excluding carboxylic acids is 2. The predicted octanol–water partition coefficient (Wildman–Crippen LogP) is 2.97. The Morgan fingerprint density at radius 2 is 2.04 bits per heavy atom. The van der Waals surface area contributed by atoms with E-state index in [1.807, 2.05) is 12.1 Å². The Morgan fingerprint density at radius 1 is 1.31 bits per heavy atom. The van der Waals surface area contributed by atoms with E-state index in [9.17, 15) is 14.0 Å². The largest absolute Gasteiger partial charge is 0.491 e. The lowest BCUT2D eigenvalue weighted by Crippen LogP contribution is -2.70. The van der Waals surface area contributed by atoms with E-state index in [1.165, 1.54) is 31.4 Å². The van der Waals surface area contributed by atoms with Crippen LogP contribution in [0.15, 0.2) is 46.9 Å². The van der Waals surface area contributed by atoms with E-state index < -0.39 is 23.2 Å². The Hall–Kier alpha value is -2.41. The third-order valence-corrected chi connectivity index (χ3v) is 5.48. The fourth-order valence-corrected chi connectivity index (χ4v) is 4.23. The second kappa shape index (κ2) is 6.09. The average Bonchev–Trinajstić information content (AvgIpc) is 2.81. The molecule has 2 aliphatic rings. The summed E-state index contributed by atoms with van der Waals surface area (Å²) in [6.07, 6.45) is 0. The first-order chi connectivity index (χ1) is 12.5. The van der Waals surface area contributed by atoms with E-state index >= 15 is 0 Å². The summed E-state index contributed by atoms with van der Waals surface area (Å²) in [7, 11) is 1.25. The molecule has 1 fully saturated rings. The summed E-state index contributed by atoms with van der Waals surface area (Å²) in [6.45, 7) is 0.688. The van der Waals surface area contributed by atoms with Crippen LogP contribution in [0.4, 0.5) is 4.39 Å². The third kappa shape index (κ3) is 2.19. The lowest BCUT2D eigenvalue weighted by Gasteiger charge is -2.53. The number of ether oxygens (including phenoxy) is 2. The van der Waals surface area contributed by atoms with Crippen LogP contribution in [0.5, 0.6) is 5.75 Å². The Labute approximate surface area is 157 Å². The maximum atomic E-state index is 13.4. The van der Waals surface area contributed by atoms with Gasteiger partial charge in [-0.2, -0.15) is 0 Å². The first-order valence-electron chi connectivity index (χ1n) is 8.08. The minimum Gasteiger partial charge on any atom is -0.491 e. The molecule has 1 saturated heterocycles. The summed E-state index contributed by atoms with van der Waals surface area (Å²) in [5, 5.41) is 0. The molecule has 0 saturated carbocycles. The van der Waals surface area contributed by atoms with Crippen molar-refractivity contribution in [1.82, 2.24) is 4.90 Å². The van der Waals surface area contributed by atoms with Crippen LogP contribution >= 0.6 is 15.9 Å². The maximum Gasteiger partial charge on any atom is 0.328 e. The van der Waals surface area contributed by atoms with E-state index in [-0.39, 0.29) is 5.91 Å². The summed E-state index contributed by atoms with van der Waals surface area (Å²) in [4.78, 5) is 27.6. The molecule has 2 atom stereocenters. The van der Waals surface area contributed by atoms with Crippen molar-refractivity contribution in [1.29, 1.82) is 0 Å². The average molecular weight is 420 g/mol. The van der Waals surface area contributed by atoms with E-state index in [0.29, 0.717) is 30.0 Å². The van der Waals surface area contributed by atoms with Crippen molar-refractivity contribution >= 4 is 27.8 Å². The number of rotatable bonds is 2. The normalized spacial score (nSPS) is 23.9. The first kappa shape index (κ1) is 17.0. The molecular formula is C19H15BrFNO4. The SMILES string of the molecule is COC(=O)[C@]1(c2ccc(F)cc2)C(=O)N2CCOc3ccc(Br)cc3[C@@H]21. The second-order valence-electron chi connectivity index (χ2n) is 6.24. The van der Waals surface area contributed by atoms with Gasteiger partial charge >= 0.3 is 5.97 Å². The topological polar surface area (TPSA) is 55.8 Å². The van der Waals surface area contributed by atoms with Crippen molar-refractivity contribution in [2.75, 3.05) is 20.3 Å². The number of hydrogen-bond acceptors (Lipinski definition) is 4. The Bertz CT molecular complexity index is 901. The van der Waals surface area contributed by atoms with Gasteiger partial charge < -0.3 is 14.4 Å². The number of β-lactam (4-membered cyclic amide) rings is 1. The molecule has 0 aromatic heterocycles. The van der Waals surface area contributed by atoms with E-state index in [1.54, 1.807) is 11.0 Å². The fourth-order valence-electron chi connectivity index (χ4n) is 3.85. The Balaban J connectivity index is 1.96. The highest BCUT2D eigenvalue weighted by atomic mass is 79.9. The van der Waals surface area contributed by atoms with Crippen molar-refractivity contribution in [3.05, 3.63) is 63.9 Å². The lowest BCUT2D eigenvalue weighted by molar-refractivity contribution is -0.177. The van der Waals surface area contributed by atoms with Gasteiger partial charge in [0.1, 0.15) is 18.2 Å². The highest BCUT2D eigenvalue weighted by molar-refractivity contribution is 9.10. The van der Waals surface area contributed by atoms with E-state index in [2.05, 4.69) is 15.9 Å². The number of hydrogen-bond donors (Lipinski definition) is 0. The molecule has 0 aliphatic carbocycles. The number of amides is 1. The molecule has 0 bridgehead atoms. The van der Waals surface area contributed by atoms with Gasteiger partial charge in [-0.25, -0.2) is 4.39 Å². The number of halogens is 2. The van der Waals surface area contributed by atoms with Crippen LogP contribution in [0.2, 0.25) is 0 Å². The second-order valence-corrected chi connectivity index (χ2v) is 7.15. The predicted molar refractivity (Wildman–Crippen MR) is 94.2 cm³/mol. The highest BCUT2D eigenvalue weighted by Gasteiger charge is 2.68. The molecule has 2 aliphatic heterocycles. The molecule has 2 aromatic rings. The smallest absolute Gasteiger partial charge is 0.328 e. The van der Waals surface area contributed by atoms with Crippen LogP contribution in [0.25, 0.3) is 0 Å². The van der Waals surface area contributed by atoms with Crippen LogP contribution in [-0.4, -0.2) is 37.0 Å². The summed E-state index contributed by atoms with van der Waals surface area (Å²) >= 11 is 3.44. The third-order valence-electron chi connectivity index (χ3n) is 4.98. The molecular weight excluding hydrogens is 405 g/mol. The molecule has 2 aromatic carbocycles. The van der Waals surface area contributed by atoms with Crippen LogP contribution in [0.1, 0.15) is 17.2 Å². The summed E-state index contributed by atoms with van der Waals surface area (Å²) in [6, 6.07) is 10.3. The van der Waals surface area contributed by atoms with Crippen molar-refractivity contribution in [3.63, 3.8) is 0 Å². The Morgan fingerprint density at radius 3 is 2.73 bits per heavy atom. The fraction of sp³-hybridized carbons (Fsp3) is 0.263. The van der Waals surface area contributed by atoms with Gasteiger partial charge in [0.25, 0.3) is 0 Å². The van der Waals surface area contributed by atoms with E-state index in [0.717, 1.165) is 4.47 Å². The zero-order valence-corrected chi connectivity index (χ0v) is 15.5. The van der Waals surface area contributed by atoms with Crippen molar-refractivity contribution < 1.29 is 23.5 Å². The summed E-state index contributed by atoms with van der Waals surface area (Å²) in [5.41, 5.74) is -0.429. The molecule has 0 spiro atoms.